The normalized spacial score (nSPS) is 13.6. The zero-order chi connectivity index (χ0) is 8.97. The molecule has 0 aliphatic carbocycles. The van der Waals surface area contributed by atoms with E-state index in [2.05, 4.69) is 15.9 Å². The fraction of sp³-hybridized carbons (Fsp3) is 0.200. The first kappa shape index (κ1) is 9.46. The largest absolute Gasteiger partial charge is 0.206 e. The van der Waals surface area contributed by atoms with Gasteiger partial charge in [0.15, 0.2) is 0 Å². The van der Waals surface area contributed by atoms with Crippen LogP contribution in [0.4, 0.5) is 4.39 Å². The molecule has 0 radical (unpaired) electrons. The van der Waals surface area contributed by atoms with Crippen LogP contribution in [0.25, 0.3) is 6.08 Å². The number of alkyl halides is 1. The number of hydrogen-bond donors (Lipinski definition) is 0. The van der Waals surface area contributed by atoms with Crippen LogP contribution >= 0.6 is 15.9 Å². The maximum Gasteiger partial charge on any atom is 0.130 e. The average molecular weight is 229 g/mol. The molecule has 1 unspecified atom stereocenters. The molecular weight excluding hydrogens is 219 g/mol. The predicted molar refractivity (Wildman–Crippen MR) is 53.8 cm³/mol. The minimum Gasteiger partial charge on any atom is -0.206 e. The Kier molecular flexibility index (Phi) is 3.48. The van der Waals surface area contributed by atoms with Crippen LogP contribution in [-0.2, 0) is 0 Å². The fourth-order valence-electron chi connectivity index (χ4n) is 0.847. The molecular formula is C10H10BrF. The third-order valence-corrected chi connectivity index (χ3v) is 1.75. The van der Waals surface area contributed by atoms with Gasteiger partial charge in [0, 0.05) is 10.4 Å². The van der Waals surface area contributed by atoms with E-state index in [9.17, 15) is 4.39 Å². The molecule has 12 heavy (non-hydrogen) atoms. The average Bonchev–Trinajstić information content (AvgIpc) is 2.03. The van der Waals surface area contributed by atoms with E-state index in [1.807, 2.05) is 19.1 Å². The minimum absolute atomic E-state index is 0.179. The maximum absolute atomic E-state index is 13.0. The Morgan fingerprint density at radius 2 is 2.08 bits per heavy atom. The van der Waals surface area contributed by atoms with E-state index >= 15 is 0 Å². The van der Waals surface area contributed by atoms with Crippen molar-refractivity contribution in [1.29, 1.82) is 0 Å². The monoisotopic (exact) mass is 228 g/mol. The van der Waals surface area contributed by atoms with Crippen molar-refractivity contribution >= 4 is 22.0 Å². The van der Waals surface area contributed by atoms with E-state index < -0.39 is 0 Å². The van der Waals surface area contributed by atoms with Gasteiger partial charge in [-0.05, 0) is 13.0 Å². The van der Waals surface area contributed by atoms with E-state index in [4.69, 9.17) is 0 Å². The molecule has 1 aromatic rings. The number of halogens is 2. The second kappa shape index (κ2) is 4.41. The molecule has 0 aliphatic heterocycles. The van der Waals surface area contributed by atoms with Crippen LogP contribution in [0.2, 0.25) is 0 Å². The second-order valence-electron chi connectivity index (χ2n) is 2.56. The van der Waals surface area contributed by atoms with Crippen molar-refractivity contribution in [2.75, 3.05) is 0 Å². The SMILES string of the molecule is CC(Br)/C=C/c1ccccc1F. The third kappa shape index (κ3) is 2.78. The highest BCUT2D eigenvalue weighted by molar-refractivity contribution is 9.09. The fourth-order valence-corrected chi connectivity index (χ4v) is 0.999. The van der Waals surface area contributed by atoms with Crippen LogP contribution in [0.3, 0.4) is 0 Å². The molecule has 0 bridgehead atoms. The minimum atomic E-state index is -0.179. The van der Waals surface area contributed by atoms with E-state index in [0.717, 1.165) is 0 Å². The van der Waals surface area contributed by atoms with Crippen LogP contribution in [-0.4, -0.2) is 4.83 Å². The summed E-state index contributed by atoms with van der Waals surface area (Å²) in [5.41, 5.74) is 0.629. The van der Waals surface area contributed by atoms with Crippen LogP contribution in [0.1, 0.15) is 12.5 Å². The molecule has 64 valence electrons. The van der Waals surface area contributed by atoms with Crippen LogP contribution in [0, 0.1) is 5.82 Å². The highest BCUT2D eigenvalue weighted by Crippen LogP contribution is 2.10. The van der Waals surface area contributed by atoms with Crippen LogP contribution in [0.15, 0.2) is 30.3 Å². The van der Waals surface area contributed by atoms with Gasteiger partial charge in [-0.15, -0.1) is 0 Å². The van der Waals surface area contributed by atoms with Crippen molar-refractivity contribution in [2.24, 2.45) is 0 Å². The molecule has 0 aromatic heterocycles. The first-order chi connectivity index (χ1) is 5.70. The highest BCUT2D eigenvalue weighted by atomic mass is 79.9. The quantitative estimate of drug-likeness (QED) is 0.679. The molecule has 1 rings (SSSR count). The Bertz CT molecular complexity index is 279. The molecule has 0 saturated carbocycles. The van der Waals surface area contributed by atoms with Crippen molar-refractivity contribution < 1.29 is 4.39 Å². The zero-order valence-electron chi connectivity index (χ0n) is 6.80. The molecule has 0 heterocycles. The summed E-state index contributed by atoms with van der Waals surface area (Å²) in [4.78, 5) is 0.275. The summed E-state index contributed by atoms with van der Waals surface area (Å²) in [7, 11) is 0. The van der Waals surface area contributed by atoms with E-state index in [1.54, 1.807) is 18.2 Å². The first-order valence-electron chi connectivity index (χ1n) is 3.77. The summed E-state index contributed by atoms with van der Waals surface area (Å²) < 4.78 is 13.0. The molecule has 1 aromatic carbocycles. The molecule has 2 heteroatoms. The summed E-state index contributed by atoms with van der Waals surface area (Å²) in [5.74, 6) is -0.179. The van der Waals surface area contributed by atoms with Gasteiger partial charge in [-0.1, -0.05) is 46.3 Å². The number of rotatable bonds is 2. The molecule has 0 saturated heterocycles. The third-order valence-electron chi connectivity index (χ3n) is 1.45. The molecule has 0 fully saturated rings. The Hall–Kier alpha value is -0.630. The van der Waals surface area contributed by atoms with E-state index in [-0.39, 0.29) is 10.6 Å². The Morgan fingerprint density at radius 3 is 2.67 bits per heavy atom. The first-order valence-corrected chi connectivity index (χ1v) is 4.68. The van der Waals surface area contributed by atoms with Crippen LogP contribution in [0.5, 0.6) is 0 Å². The van der Waals surface area contributed by atoms with Gasteiger partial charge in [0.2, 0.25) is 0 Å². The lowest BCUT2D eigenvalue weighted by molar-refractivity contribution is 0.625. The van der Waals surface area contributed by atoms with Crippen LogP contribution < -0.4 is 0 Å². The zero-order valence-corrected chi connectivity index (χ0v) is 8.38. The van der Waals surface area contributed by atoms with Gasteiger partial charge in [-0.25, -0.2) is 4.39 Å². The van der Waals surface area contributed by atoms with Crippen molar-refractivity contribution in [3.05, 3.63) is 41.7 Å². The lowest BCUT2D eigenvalue weighted by atomic mass is 10.2. The van der Waals surface area contributed by atoms with Crippen molar-refractivity contribution in [2.45, 2.75) is 11.8 Å². The Labute approximate surface area is 80.2 Å². The summed E-state index contributed by atoms with van der Waals surface area (Å²) in [6.45, 7) is 1.98. The van der Waals surface area contributed by atoms with Crippen molar-refractivity contribution in [1.82, 2.24) is 0 Å². The molecule has 0 spiro atoms. The molecule has 0 amide bonds. The number of hydrogen-bond acceptors (Lipinski definition) is 0. The highest BCUT2D eigenvalue weighted by Gasteiger charge is 1.95. The summed E-state index contributed by atoms with van der Waals surface area (Å²) in [6, 6.07) is 6.71. The van der Waals surface area contributed by atoms with Gasteiger partial charge >= 0.3 is 0 Å². The molecule has 0 nitrogen and oxygen atoms in total. The summed E-state index contributed by atoms with van der Waals surface area (Å²) in [5, 5.41) is 0. The van der Waals surface area contributed by atoms with E-state index in [0.29, 0.717) is 5.56 Å². The summed E-state index contributed by atoms with van der Waals surface area (Å²) >= 11 is 3.35. The Balaban J connectivity index is 2.82. The van der Waals surface area contributed by atoms with Gasteiger partial charge in [-0.2, -0.15) is 0 Å². The van der Waals surface area contributed by atoms with Gasteiger partial charge < -0.3 is 0 Å². The lowest BCUT2D eigenvalue weighted by Gasteiger charge is -1.95. The van der Waals surface area contributed by atoms with Gasteiger partial charge in [-0.3, -0.25) is 0 Å². The molecule has 0 N–H and O–H groups in total. The second-order valence-corrected chi connectivity index (χ2v) is 4.00. The van der Waals surface area contributed by atoms with Crippen molar-refractivity contribution in [3.8, 4) is 0 Å². The van der Waals surface area contributed by atoms with Gasteiger partial charge in [0.1, 0.15) is 5.82 Å². The van der Waals surface area contributed by atoms with E-state index in [1.165, 1.54) is 6.07 Å². The number of benzene rings is 1. The predicted octanol–water partition coefficient (Wildman–Crippen LogP) is 3.62. The van der Waals surface area contributed by atoms with Gasteiger partial charge in [0.25, 0.3) is 0 Å². The lowest BCUT2D eigenvalue weighted by Crippen LogP contribution is -1.83. The smallest absolute Gasteiger partial charge is 0.130 e. The molecule has 0 aliphatic rings. The van der Waals surface area contributed by atoms with Gasteiger partial charge in [0.05, 0.1) is 0 Å². The maximum atomic E-state index is 13.0. The van der Waals surface area contributed by atoms with Crippen molar-refractivity contribution in [3.63, 3.8) is 0 Å². The Morgan fingerprint density at radius 1 is 1.42 bits per heavy atom. The molecule has 1 atom stereocenters. The standard InChI is InChI=1S/C10H10BrF/c1-8(11)6-7-9-4-2-3-5-10(9)12/h2-8H,1H3/b7-6+. The number of allylic oxidation sites excluding steroid dienone is 1. The summed E-state index contributed by atoms with van der Waals surface area (Å²) in [6.07, 6.45) is 3.67. The topological polar surface area (TPSA) is 0 Å².